The number of carbonyl (C=O) groups excluding carboxylic acids is 2. The molecule has 1 aromatic carbocycles. The molecule has 0 spiro atoms. The summed E-state index contributed by atoms with van der Waals surface area (Å²) in [5, 5.41) is 0. The fourth-order valence-electron chi connectivity index (χ4n) is 4.65. The van der Waals surface area contributed by atoms with Gasteiger partial charge >= 0.3 is 0 Å². The van der Waals surface area contributed by atoms with Crippen LogP contribution in [0.15, 0.2) is 24.3 Å². The monoisotopic (exact) mass is 299 g/mol. The third kappa shape index (κ3) is 2.17. The number of benzene rings is 1. The van der Waals surface area contributed by atoms with E-state index in [1.165, 1.54) is 48.3 Å². The van der Waals surface area contributed by atoms with Crippen LogP contribution >= 0.6 is 0 Å². The van der Waals surface area contributed by atoms with E-state index >= 15 is 0 Å². The summed E-state index contributed by atoms with van der Waals surface area (Å²) in [6.07, 6.45) is 7.78. The Hall–Kier alpha value is -1.68. The molecule has 3 atom stereocenters. The summed E-state index contributed by atoms with van der Waals surface area (Å²) in [6.45, 7) is 1.64. The van der Waals surface area contributed by atoms with Gasteiger partial charge in [0.1, 0.15) is 0 Å². The zero-order valence-electron chi connectivity index (χ0n) is 12.9. The minimum atomic E-state index is -0.106. The molecule has 1 aliphatic carbocycles. The number of carbonyl (C=O) groups is 2. The summed E-state index contributed by atoms with van der Waals surface area (Å²) >= 11 is 0. The average molecular weight is 299 g/mol. The smallest absolute Gasteiger partial charge is 0.265 e. The van der Waals surface area contributed by atoms with Crippen molar-refractivity contribution in [3.8, 4) is 0 Å². The zero-order chi connectivity index (χ0) is 15.1. The van der Waals surface area contributed by atoms with Gasteiger partial charge in [-0.2, -0.15) is 0 Å². The van der Waals surface area contributed by atoms with Crippen molar-refractivity contribution in [2.75, 3.05) is 13.2 Å². The van der Waals surface area contributed by atoms with Gasteiger partial charge in [0.25, 0.3) is 11.8 Å². The molecule has 4 nitrogen and oxygen atoms in total. The van der Waals surface area contributed by atoms with E-state index in [1.807, 2.05) is 12.1 Å². The molecule has 1 unspecified atom stereocenters. The lowest BCUT2D eigenvalue weighted by Gasteiger charge is -2.42. The number of imide groups is 1. The molecule has 1 aromatic rings. The number of nitrogens with one attached hydrogen (secondary N) is 1. The summed E-state index contributed by atoms with van der Waals surface area (Å²) in [4.78, 5) is 28.0. The van der Waals surface area contributed by atoms with Crippen molar-refractivity contribution < 1.29 is 14.5 Å². The Bertz CT molecular complexity index is 576. The first-order valence-electron chi connectivity index (χ1n) is 8.55. The number of amides is 2. The lowest BCUT2D eigenvalue weighted by atomic mass is 9.78. The van der Waals surface area contributed by atoms with Gasteiger partial charge in [-0.15, -0.1) is 0 Å². The SMILES string of the molecule is O=C1c2ccccc2C(=O)N1C[NH+]1CCC[C@H]2CCCC[C@@H]21. The van der Waals surface area contributed by atoms with E-state index in [9.17, 15) is 9.59 Å². The lowest BCUT2D eigenvalue weighted by molar-refractivity contribution is -0.942. The van der Waals surface area contributed by atoms with Crippen LogP contribution in [0.3, 0.4) is 0 Å². The van der Waals surface area contributed by atoms with E-state index in [0.717, 1.165) is 12.5 Å². The van der Waals surface area contributed by atoms with Gasteiger partial charge in [0, 0.05) is 5.92 Å². The first kappa shape index (κ1) is 13.9. The van der Waals surface area contributed by atoms with Gasteiger partial charge in [0.15, 0.2) is 6.67 Å². The van der Waals surface area contributed by atoms with Crippen LogP contribution < -0.4 is 4.90 Å². The van der Waals surface area contributed by atoms with Crippen LogP contribution in [0.1, 0.15) is 59.2 Å². The Labute approximate surface area is 131 Å². The summed E-state index contributed by atoms with van der Waals surface area (Å²) in [7, 11) is 0. The highest BCUT2D eigenvalue weighted by atomic mass is 16.2. The number of fused-ring (bicyclic) bond motifs is 2. The van der Waals surface area contributed by atoms with Gasteiger partial charge in [-0.05, 0) is 44.2 Å². The molecule has 1 saturated heterocycles. The standard InChI is InChI=1S/C18H22N2O2/c21-17-14-8-2-3-9-15(14)18(22)20(17)12-19-11-5-7-13-6-1-4-10-16(13)19/h2-3,8-9,13,16H,1,4-7,10-12H2/p+1/t13-,16+/m1/s1. The Morgan fingerprint density at radius 1 is 0.955 bits per heavy atom. The minimum absolute atomic E-state index is 0.106. The second-order valence-electron chi connectivity index (χ2n) is 6.94. The highest BCUT2D eigenvalue weighted by Crippen LogP contribution is 2.29. The molecule has 0 aromatic heterocycles. The Kier molecular flexibility index (Phi) is 3.49. The normalized spacial score (nSPS) is 31.1. The number of likely N-dealkylation sites (tertiary alicyclic amines) is 1. The predicted molar refractivity (Wildman–Crippen MR) is 82.6 cm³/mol. The molecule has 2 heterocycles. The van der Waals surface area contributed by atoms with Crippen molar-refractivity contribution in [3.05, 3.63) is 35.4 Å². The number of rotatable bonds is 2. The van der Waals surface area contributed by atoms with Gasteiger partial charge in [-0.3, -0.25) is 9.59 Å². The predicted octanol–water partition coefficient (Wildman–Crippen LogP) is 1.48. The maximum Gasteiger partial charge on any atom is 0.265 e. The highest BCUT2D eigenvalue weighted by molar-refractivity contribution is 6.21. The van der Waals surface area contributed by atoms with Gasteiger partial charge in [0.05, 0.1) is 23.7 Å². The average Bonchev–Trinajstić information content (AvgIpc) is 2.81. The molecular weight excluding hydrogens is 276 g/mol. The lowest BCUT2D eigenvalue weighted by Crippen LogP contribution is -3.19. The van der Waals surface area contributed by atoms with Gasteiger partial charge in [-0.1, -0.05) is 18.6 Å². The van der Waals surface area contributed by atoms with Crippen LogP contribution in [-0.2, 0) is 0 Å². The largest absolute Gasteiger partial charge is 0.315 e. The third-order valence-corrected chi connectivity index (χ3v) is 5.75. The number of piperidine rings is 1. The first-order valence-corrected chi connectivity index (χ1v) is 8.55. The van der Waals surface area contributed by atoms with Crippen LogP contribution in [0, 0.1) is 5.92 Å². The summed E-state index contributed by atoms with van der Waals surface area (Å²) in [6, 6.07) is 7.85. The Morgan fingerprint density at radius 3 is 2.32 bits per heavy atom. The number of hydrogen-bond acceptors (Lipinski definition) is 2. The fraction of sp³-hybridized carbons (Fsp3) is 0.556. The molecule has 2 fully saturated rings. The molecular formula is C18H23N2O2+. The van der Waals surface area contributed by atoms with Crippen LogP contribution in [-0.4, -0.2) is 36.0 Å². The maximum atomic E-state index is 12.5. The minimum Gasteiger partial charge on any atom is -0.315 e. The maximum absolute atomic E-state index is 12.5. The third-order valence-electron chi connectivity index (χ3n) is 5.75. The summed E-state index contributed by atoms with van der Waals surface area (Å²) in [5.41, 5.74) is 1.15. The van der Waals surface area contributed by atoms with E-state index in [-0.39, 0.29) is 11.8 Å². The highest BCUT2D eigenvalue weighted by Gasteiger charge is 2.42. The van der Waals surface area contributed by atoms with Gasteiger partial charge < -0.3 is 4.90 Å². The van der Waals surface area contributed by atoms with E-state index in [1.54, 1.807) is 12.1 Å². The molecule has 22 heavy (non-hydrogen) atoms. The van der Waals surface area contributed by atoms with E-state index in [4.69, 9.17) is 0 Å². The Morgan fingerprint density at radius 2 is 1.59 bits per heavy atom. The molecule has 0 radical (unpaired) electrons. The van der Waals surface area contributed by atoms with Crippen molar-refractivity contribution >= 4 is 11.8 Å². The molecule has 3 aliphatic rings. The molecule has 116 valence electrons. The molecule has 0 bridgehead atoms. The quantitative estimate of drug-likeness (QED) is 0.841. The van der Waals surface area contributed by atoms with Crippen molar-refractivity contribution in [1.82, 2.24) is 4.90 Å². The van der Waals surface area contributed by atoms with Crippen LogP contribution in [0.2, 0.25) is 0 Å². The van der Waals surface area contributed by atoms with Crippen molar-refractivity contribution in [3.63, 3.8) is 0 Å². The van der Waals surface area contributed by atoms with E-state index in [2.05, 4.69) is 0 Å². The summed E-state index contributed by atoms with van der Waals surface area (Å²) in [5.74, 6) is 0.588. The van der Waals surface area contributed by atoms with Crippen molar-refractivity contribution in [1.29, 1.82) is 0 Å². The topological polar surface area (TPSA) is 41.8 Å². The van der Waals surface area contributed by atoms with E-state index in [0.29, 0.717) is 23.8 Å². The molecule has 1 saturated carbocycles. The van der Waals surface area contributed by atoms with Gasteiger partial charge in [-0.25, -0.2) is 4.90 Å². The first-order chi connectivity index (χ1) is 10.8. The van der Waals surface area contributed by atoms with Crippen LogP contribution in [0.25, 0.3) is 0 Å². The molecule has 4 heteroatoms. The second-order valence-corrected chi connectivity index (χ2v) is 6.94. The van der Waals surface area contributed by atoms with Gasteiger partial charge in [0.2, 0.25) is 0 Å². The zero-order valence-corrected chi connectivity index (χ0v) is 12.9. The van der Waals surface area contributed by atoms with Crippen molar-refractivity contribution in [2.24, 2.45) is 5.92 Å². The van der Waals surface area contributed by atoms with Crippen LogP contribution in [0.5, 0.6) is 0 Å². The van der Waals surface area contributed by atoms with E-state index < -0.39 is 0 Å². The molecule has 4 rings (SSSR count). The van der Waals surface area contributed by atoms with Crippen LogP contribution in [0.4, 0.5) is 0 Å². The fourth-order valence-corrected chi connectivity index (χ4v) is 4.65. The summed E-state index contributed by atoms with van der Waals surface area (Å²) < 4.78 is 0. The molecule has 2 aliphatic heterocycles. The molecule has 1 N–H and O–H groups in total. The van der Waals surface area contributed by atoms with Crippen molar-refractivity contribution in [2.45, 2.75) is 44.6 Å². The second kappa shape index (κ2) is 5.51. The number of nitrogens with zero attached hydrogens (tertiary/aromatic N) is 1. The molecule has 2 amide bonds. The number of quaternary nitrogens is 1. The number of hydrogen-bond donors (Lipinski definition) is 1. The Balaban J connectivity index is 1.54.